The lowest BCUT2D eigenvalue weighted by molar-refractivity contribution is -0.120. The number of carbonyl (C=O) groups is 4. The number of nitrogens with two attached hydrogens (primary N) is 1. The van der Waals surface area contributed by atoms with Gasteiger partial charge in [-0.2, -0.15) is 0 Å². The number of carbonyl (C=O) groups excluding carboxylic acids is 4. The molecule has 40 heavy (non-hydrogen) atoms. The summed E-state index contributed by atoms with van der Waals surface area (Å²) in [6.45, 7) is 6.92. The van der Waals surface area contributed by atoms with E-state index in [0.717, 1.165) is 6.08 Å². The molecule has 0 aromatic carbocycles. The summed E-state index contributed by atoms with van der Waals surface area (Å²) < 4.78 is 21.7. The Hall–Kier alpha value is -3.54. The molecule has 4 N–H and O–H groups in total. The molecule has 2 rings (SSSR count). The van der Waals surface area contributed by atoms with Crippen LogP contribution in [0.2, 0.25) is 0 Å². The summed E-state index contributed by atoms with van der Waals surface area (Å²) in [6.07, 6.45) is 3.61. The minimum atomic E-state index is -1.00. The number of amides is 2. The molecule has 0 aromatic rings. The fraction of sp³-hybridized carbons (Fsp3) is 0.517. The first kappa shape index (κ1) is 32.7. The van der Waals surface area contributed by atoms with E-state index < -0.39 is 53.9 Å². The molecule has 2 amide bonds. The van der Waals surface area contributed by atoms with Crippen molar-refractivity contribution in [3.05, 3.63) is 58.6 Å². The third-order valence-corrected chi connectivity index (χ3v) is 6.95. The number of aliphatic hydroxyl groups is 1. The molecule has 6 atom stereocenters. The van der Waals surface area contributed by atoms with Crippen LogP contribution in [0, 0.1) is 11.8 Å². The summed E-state index contributed by atoms with van der Waals surface area (Å²) in [4.78, 5) is 50.6. The Morgan fingerprint density at radius 2 is 1.77 bits per heavy atom. The minimum Gasteiger partial charge on any atom is -0.492 e. The molecule has 0 aromatic heterocycles. The fourth-order valence-electron chi connectivity index (χ4n) is 4.78. The summed E-state index contributed by atoms with van der Waals surface area (Å²) in [6, 6.07) is 0. The van der Waals surface area contributed by atoms with E-state index in [-0.39, 0.29) is 34.9 Å². The molecule has 0 saturated heterocycles. The molecule has 2 aliphatic rings. The molecule has 2 bridgehead atoms. The largest absolute Gasteiger partial charge is 0.492 e. The first-order valence-electron chi connectivity index (χ1n) is 13.0. The number of primary amides is 1. The topological polar surface area (TPSA) is 163 Å². The van der Waals surface area contributed by atoms with Crippen molar-refractivity contribution in [1.82, 2.24) is 5.32 Å². The number of allylic oxidation sites excluding steroid dienone is 4. The van der Waals surface area contributed by atoms with Crippen LogP contribution in [0.1, 0.15) is 40.5 Å². The quantitative estimate of drug-likeness (QED) is 0.346. The van der Waals surface area contributed by atoms with Crippen molar-refractivity contribution in [2.75, 3.05) is 21.3 Å². The highest BCUT2D eigenvalue weighted by Gasteiger charge is 2.34. The number of Topliss-reactive ketones (excluding diaryl/α,β-unsaturated/α-hetero) is 1. The van der Waals surface area contributed by atoms with Gasteiger partial charge in [0.05, 0.1) is 25.0 Å². The Bertz CT molecular complexity index is 1150. The monoisotopic (exact) mass is 560 g/mol. The zero-order valence-electron chi connectivity index (χ0n) is 24.1. The molecule has 1 aliphatic heterocycles. The summed E-state index contributed by atoms with van der Waals surface area (Å²) in [5, 5.41) is 13.7. The van der Waals surface area contributed by atoms with Crippen molar-refractivity contribution in [2.45, 2.75) is 65.0 Å². The van der Waals surface area contributed by atoms with E-state index in [1.807, 2.05) is 6.92 Å². The van der Waals surface area contributed by atoms with E-state index in [4.69, 9.17) is 24.7 Å². The second-order valence-electron chi connectivity index (χ2n) is 10.1. The maximum Gasteiger partial charge on any atom is 0.405 e. The minimum absolute atomic E-state index is 0.0801. The summed E-state index contributed by atoms with van der Waals surface area (Å²) in [5.74, 6) is -2.39. The van der Waals surface area contributed by atoms with Crippen molar-refractivity contribution in [1.29, 1.82) is 0 Å². The van der Waals surface area contributed by atoms with Gasteiger partial charge in [-0.3, -0.25) is 14.4 Å². The zero-order chi connectivity index (χ0) is 30.1. The number of hydrogen-bond donors (Lipinski definition) is 3. The standard InChI is InChI=1S/C29H40N2O9/c1-15-11-19-25(34)20(14-21(32)27(19)39-7)31-28(35)16(2)9-8-10-22(37-5)26(40-29(30)36)18(4)13-17(3)24(33)23(12-15)38-6/h8-10,13-15,17,22-24,26,33H,11-12H2,1-7H3,(H2,30,36)(H,31,35)/b10-8+,16-9+,18-13-/t15-,17-,22-,23-,24+,26-/m1/s1. The van der Waals surface area contributed by atoms with Crippen LogP contribution < -0.4 is 11.1 Å². The van der Waals surface area contributed by atoms with Gasteiger partial charge in [0.1, 0.15) is 6.10 Å². The second kappa shape index (κ2) is 14.7. The summed E-state index contributed by atoms with van der Waals surface area (Å²) >= 11 is 0. The van der Waals surface area contributed by atoms with E-state index >= 15 is 0 Å². The normalized spacial score (nSPS) is 32.7. The lowest BCUT2D eigenvalue weighted by Gasteiger charge is -2.29. The van der Waals surface area contributed by atoms with Gasteiger partial charge in [0, 0.05) is 37.4 Å². The molecule has 0 unspecified atom stereocenters. The van der Waals surface area contributed by atoms with Gasteiger partial charge in [0.25, 0.3) is 5.91 Å². The van der Waals surface area contributed by atoms with Crippen LogP contribution in [0.4, 0.5) is 4.79 Å². The van der Waals surface area contributed by atoms with Gasteiger partial charge < -0.3 is 35.1 Å². The predicted molar refractivity (Wildman–Crippen MR) is 147 cm³/mol. The zero-order valence-corrected chi connectivity index (χ0v) is 24.1. The number of fused-ring (bicyclic) bond motifs is 2. The van der Waals surface area contributed by atoms with Crippen LogP contribution in [-0.2, 0) is 33.3 Å². The summed E-state index contributed by atoms with van der Waals surface area (Å²) in [5.41, 5.74) is 6.12. The van der Waals surface area contributed by atoms with E-state index in [0.29, 0.717) is 12.0 Å². The van der Waals surface area contributed by atoms with Crippen LogP contribution >= 0.6 is 0 Å². The van der Waals surface area contributed by atoms with Crippen molar-refractivity contribution in [3.63, 3.8) is 0 Å². The number of rotatable bonds is 4. The Labute approximate surface area is 234 Å². The van der Waals surface area contributed by atoms with Gasteiger partial charge in [0.15, 0.2) is 11.9 Å². The van der Waals surface area contributed by atoms with E-state index in [9.17, 15) is 24.3 Å². The third-order valence-electron chi connectivity index (χ3n) is 6.95. The first-order chi connectivity index (χ1) is 18.8. The smallest absolute Gasteiger partial charge is 0.405 e. The molecule has 0 saturated carbocycles. The van der Waals surface area contributed by atoms with E-state index in [1.165, 1.54) is 34.3 Å². The number of ether oxygens (including phenoxy) is 4. The van der Waals surface area contributed by atoms with Crippen LogP contribution in [0.3, 0.4) is 0 Å². The molecule has 0 fully saturated rings. The molecule has 0 radical (unpaired) electrons. The van der Waals surface area contributed by atoms with Crippen LogP contribution in [-0.4, -0.2) is 74.4 Å². The maximum atomic E-state index is 13.3. The Morgan fingerprint density at radius 1 is 1.10 bits per heavy atom. The second-order valence-corrected chi connectivity index (χ2v) is 10.1. The lowest BCUT2D eigenvalue weighted by atomic mass is 9.85. The molecular weight excluding hydrogens is 520 g/mol. The maximum absolute atomic E-state index is 13.3. The van der Waals surface area contributed by atoms with Crippen molar-refractivity contribution in [3.8, 4) is 0 Å². The number of methoxy groups -OCH3 is 3. The van der Waals surface area contributed by atoms with E-state index in [2.05, 4.69) is 5.32 Å². The Kier molecular flexibility index (Phi) is 12.0. The fourth-order valence-corrected chi connectivity index (χ4v) is 4.78. The molecule has 11 nitrogen and oxygen atoms in total. The average Bonchev–Trinajstić information content (AvgIpc) is 2.90. The molecule has 0 spiro atoms. The highest BCUT2D eigenvalue weighted by molar-refractivity contribution is 6.23. The number of aliphatic hydroxyl groups excluding tert-OH is 1. The molecule has 1 heterocycles. The Balaban J connectivity index is 2.60. The van der Waals surface area contributed by atoms with Crippen LogP contribution in [0.5, 0.6) is 0 Å². The predicted octanol–water partition coefficient (Wildman–Crippen LogP) is 2.41. The van der Waals surface area contributed by atoms with Gasteiger partial charge in [0.2, 0.25) is 11.6 Å². The van der Waals surface area contributed by atoms with E-state index in [1.54, 1.807) is 32.1 Å². The van der Waals surface area contributed by atoms with Crippen molar-refractivity contribution >= 4 is 23.6 Å². The van der Waals surface area contributed by atoms with Gasteiger partial charge in [-0.15, -0.1) is 0 Å². The van der Waals surface area contributed by atoms with Crippen LogP contribution in [0.25, 0.3) is 0 Å². The third kappa shape index (κ3) is 8.23. The average molecular weight is 561 g/mol. The molecule has 11 heteroatoms. The van der Waals surface area contributed by atoms with Crippen LogP contribution in [0.15, 0.2) is 58.6 Å². The number of hydrogen-bond acceptors (Lipinski definition) is 9. The number of nitrogens with one attached hydrogen (secondary N) is 1. The summed E-state index contributed by atoms with van der Waals surface area (Å²) in [7, 11) is 4.21. The first-order valence-corrected chi connectivity index (χ1v) is 13.0. The van der Waals surface area contributed by atoms with Gasteiger partial charge >= 0.3 is 6.09 Å². The Morgan fingerprint density at radius 3 is 2.35 bits per heavy atom. The highest BCUT2D eigenvalue weighted by atomic mass is 16.6. The number of ketones is 2. The lowest BCUT2D eigenvalue weighted by Crippen LogP contribution is -2.37. The van der Waals surface area contributed by atoms with Crippen molar-refractivity contribution < 1.29 is 43.2 Å². The highest BCUT2D eigenvalue weighted by Crippen LogP contribution is 2.29. The van der Waals surface area contributed by atoms with Crippen molar-refractivity contribution in [2.24, 2.45) is 17.6 Å². The molecule has 220 valence electrons. The SMILES string of the molecule is COC1=C2C[C@@H](C)C[C@@H](OC)[C@@H](O)[C@H](C)/C=C(/C)[C@@H](OC(N)=O)[C@H](OC)/C=C/C=C(\C)C(=O)NC(=CC1=O)C2=O. The molecule has 1 aliphatic carbocycles. The van der Waals surface area contributed by atoms with Gasteiger partial charge in [-0.25, -0.2) is 4.79 Å². The van der Waals surface area contributed by atoms with Gasteiger partial charge in [-0.05, 0) is 38.2 Å². The molecular formula is C29H40N2O9. The van der Waals surface area contributed by atoms with Gasteiger partial charge in [-0.1, -0.05) is 38.2 Å².